The van der Waals surface area contributed by atoms with Crippen molar-refractivity contribution in [3.8, 4) is 0 Å². The van der Waals surface area contributed by atoms with Gasteiger partial charge in [0, 0.05) is 14.7 Å². The molecule has 3 nitrogen and oxygen atoms in total. The van der Waals surface area contributed by atoms with Crippen LogP contribution in [-0.4, -0.2) is 8.42 Å². The SMILES string of the molecule is CC(C)c1ccc(S(=O)(=O)OS(c2ccc(C(C)(C)C)cc2)(c2ccc(C(C)(C)C)cc2)c2ccc(C(C)(C)C)cc2)c(C(C)C)c1C(C)C. The predicted octanol–water partition coefficient (Wildman–Crippen LogP) is 13.6. The first-order valence-electron chi connectivity index (χ1n) is 18.2. The van der Waals surface area contributed by atoms with Crippen molar-refractivity contribution in [3.05, 3.63) is 118 Å². The van der Waals surface area contributed by atoms with Gasteiger partial charge in [-0.15, -0.1) is 0 Å². The molecule has 272 valence electrons. The summed E-state index contributed by atoms with van der Waals surface area (Å²) in [6.45, 7) is 32.6. The molecular weight excluding hydrogens is 653 g/mol. The second-order valence-electron chi connectivity index (χ2n) is 17.8. The van der Waals surface area contributed by atoms with Crippen LogP contribution in [0.5, 0.6) is 0 Å². The van der Waals surface area contributed by atoms with Gasteiger partial charge in [0.1, 0.15) is 0 Å². The van der Waals surface area contributed by atoms with Crippen molar-refractivity contribution in [2.45, 2.75) is 157 Å². The fraction of sp³-hybridized carbons (Fsp3) is 0.467. The molecule has 0 unspecified atom stereocenters. The summed E-state index contributed by atoms with van der Waals surface area (Å²) in [5, 5.41) is 0. The van der Waals surface area contributed by atoms with Crippen molar-refractivity contribution in [3.63, 3.8) is 0 Å². The van der Waals surface area contributed by atoms with Gasteiger partial charge in [-0.05, 0) is 120 Å². The van der Waals surface area contributed by atoms with Crippen LogP contribution in [0.4, 0.5) is 0 Å². The molecule has 0 spiro atoms. The maximum Gasteiger partial charge on any atom is 0.307 e. The van der Waals surface area contributed by atoms with E-state index in [1.807, 2.05) is 6.07 Å². The van der Waals surface area contributed by atoms with Crippen LogP contribution in [0.15, 0.2) is 105 Å². The zero-order valence-corrected chi connectivity index (χ0v) is 35.0. The van der Waals surface area contributed by atoms with E-state index in [0.29, 0.717) is 0 Å². The minimum absolute atomic E-state index is 0.0212. The summed E-state index contributed by atoms with van der Waals surface area (Å²) < 4.78 is 37.5. The topological polar surface area (TPSA) is 43.4 Å². The van der Waals surface area contributed by atoms with Crippen LogP contribution < -0.4 is 0 Å². The third-order valence-electron chi connectivity index (χ3n) is 9.68. The van der Waals surface area contributed by atoms with Gasteiger partial charge in [-0.1, -0.05) is 146 Å². The average Bonchev–Trinajstić information content (AvgIpc) is 3.01. The lowest BCUT2D eigenvalue weighted by Gasteiger charge is -2.40. The van der Waals surface area contributed by atoms with Crippen molar-refractivity contribution >= 4 is 20.4 Å². The van der Waals surface area contributed by atoms with Crippen molar-refractivity contribution in [2.75, 3.05) is 0 Å². The Kier molecular flexibility index (Phi) is 11.4. The van der Waals surface area contributed by atoms with Gasteiger partial charge >= 0.3 is 10.1 Å². The Morgan fingerprint density at radius 2 is 0.760 bits per heavy atom. The predicted molar refractivity (Wildman–Crippen MR) is 215 cm³/mol. The molecule has 5 heteroatoms. The fourth-order valence-corrected chi connectivity index (χ4v) is 12.3. The molecule has 0 fully saturated rings. The first-order valence-corrected chi connectivity index (χ1v) is 21.2. The van der Waals surface area contributed by atoms with Crippen LogP contribution in [0, 0.1) is 0 Å². The lowest BCUT2D eigenvalue weighted by molar-refractivity contribution is 0.505. The molecule has 0 aromatic heterocycles. The smallest absolute Gasteiger partial charge is 0.203 e. The standard InChI is InChI=1S/C45H62O3S2/c1-30(2)39-28-29-40(42(32(5)6)41(39)31(3)4)50(46,47)48-49(36-22-16-33(17-23-36)43(7,8)9,37-24-18-34(19-25-37)44(10,11)12)38-26-20-35(21-27-38)45(13,14)15/h16-32H,1-15H3. The molecular formula is C45H62O3S2. The highest BCUT2D eigenvalue weighted by atomic mass is 32.3. The molecule has 0 amide bonds. The first kappa shape index (κ1) is 39.9. The van der Waals surface area contributed by atoms with Crippen molar-refractivity contribution < 1.29 is 12.0 Å². The summed E-state index contributed by atoms with van der Waals surface area (Å²) in [7, 11) is -7.13. The van der Waals surface area contributed by atoms with Crippen LogP contribution in [-0.2, 0) is 30.0 Å². The van der Waals surface area contributed by atoms with Crippen molar-refractivity contribution in [1.29, 1.82) is 0 Å². The van der Waals surface area contributed by atoms with Gasteiger partial charge < -0.3 is 0 Å². The highest BCUT2D eigenvalue weighted by molar-refractivity contribution is 8.33. The third kappa shape index (κ3) is 8.11. The number of hydrogen-bond donors (Lipinski definition) is 0. The summed E-state index contributed by atoms with van der Waals surface area (Å²) >= 11 is 0. The molecule has 0 saturated heterocycles. The lowest BCUT2D eigenvalue weighted by atomic mass is 9.83. The van der Waals surface area contributed by atoms with Gasteiger partial charge in [0.2, 0.25) is 0 Å². The summed E-state index contributed by atoms with van der Waals surface area (Å²) in [4.78, 5) is 2.79. The minimum Gasteiger partial charge on any atom is -0.203 e. The van der Waals surface area contributed by atoms with E-state index < -0.39 is 20.4 Å². The van der Waals surface area contributed by atoms with Crippen LogP contribution in [0.1, 0.15) is 155 Å². The Hall–Kier alpha value is -2.86. The van der Waals surface area contributed by atoms with E-state index in [9.17, 15) is 0 Å². The molecule has 50 heavy (non-hydrogen) atoms. The molecule has 0 N–H and O–H groups in total. The number of benzene rings is 4. The van der Waals surface area contributed by atoms with E-state index in [1.54, 1.807) is 6.07 Å². The van der Waals surface area contributed by atoms with E-state index in [0.717, 1.165) is 25.8 Å². The Morgan fingerprint density at radius 1 is 0.440 bits per heavy atom. The summed E-state index contributed by atoms with van der Waals surface area (Å²) in [6, 6.07) is 29.1. The summed E-state index contributed by atoms with van der Waals surface area (Å²) in [6.07, 6.45) is 0. The second kappa shape index (κ2) is 14.3. The maximum atomic E-state index is 15.2. The van der Waals surface area contributed by atoms with E-state index in [1.165, 1.54) is 22.3 Å². The van der Waals surface area contributed by atoms with Gasteiger partial charge in [-0.3, -0.25) is 0 Å². The van der Waals surface area contributed by atoms with Crippen molar-refractivity contribution in [1.82, 2.24) is 0 Å². The largest absolute Gasteiger partial charge is 0.307 e. The van der Waals surface area contributed by atoms with Gasteiger partial charge in [-0.2, -0.15) is 8.42 Å². The van der Waals surface area contributed by atoms with Gasteiger partial charge in [0.05, 0.1) is 4.90 Å². The lowest BCUT2D eigenvalue weighted by Crippen LogP contribution is -2.19. The number of hydrogen-bond acceptors (Lipinski definition) is 3. The molecule has 0 radical (unpaired) electrons. The van der Waals surface area contributed by atoms with E-state index >= 15 is 8.42 Å². The zero-order valence-electron chi connectivity index (χ0n) is 33.4. The van der Waals surface area contributed by atoms with Gasteiger partial charge in [-0.25, -0.2) is 3.63 Å². The monoisotopic (exact) mass is 714 g/mol. The van der Waals surface area contributed by atoms with Crippen LogP contribution in [0.2, 0.25) is 0 Å². The Balaban J connectivity index is 2.14. The zero-order chi connectivity index (χ0) is 37.6. The minimum atomic E-state index is -4.32. The molecule has 0 aliphatic rings. The molecule has 0 atom stereocenters. The molecule has 4 rings (SSSR count). The highest BCUT2D eigenvalue weighted by Gasteiger charge is 2.40. The molecule has 0 saturated carbocycles. The van der Waals surface area contributed by atoms with Gasteiger partial charge in [0.25, 0.3) is 0 Å². The van der Waals surface area contributed by atoms with Gasteiger partial charge in [0.15, 0.2) is 0 Å². The average molecular weight is 715 g/mol. The Labute approximate surface area is 306 Å². The maximum absolute atomic E-state index is 15.2. The molecule has 0 aliphatic carbocycles. The van der Waals surface area contributed by atoms with Crippen LogP contribution in [0.25, 0.3) is 0 Å². The van der Waals surface area contributed by atoms with E-state index in [4.69, 9.17) is 3.63 Å². The highest BCUT2D eigenvalue weighted by Crippen LogP contribution is 2.70. The van der Waals surface area contributed by atoms with E-state index in [2.05, 4.69) is 177 Å². The molecule has 0 bridgehead atoms. The fourth-order valence-electron chi connectivity index (χ4n) is 6.73. The first-order chi connectivity index (χ1) is 22.9. The van der Waals surface area contributed by atoms with Crippen LogP contribution >= 0.6 is 10.3 Å². The normalized spacial score (nSPS) is 13.8. The molecule has 0 heterocycles. The van der Waals surface area contributed by atoms with E-state index in [-0.39, 0.29) is 38.9 Å². The number of rotatable bonds is 9. The molecule has 4 aromatic carbocycles. The molecule has 4 aromatic rings. The second-order valence-corrected chi connectivity index (χ2v) is 22.3. The van der Waals surface area contributed by atoms with Crippen LogP contribution in [0.3, 0.4) is 0 Å². The quantitative estimate of drug-likeness (QED) is 0.173. The summed E-state index contributed by atoms with van der Waals surface area (Å²) in [5.74, 6) is 0.389. The molecule has 0 aliphatic heterocycles. The third-order valence-corrected chi connectivity index (χ3v) is 14.9. The van der Waals surface area contributed by atoms with Crippen molar-refractivity contribution in [2.24, 2.45) is 0 Å². The Morgan fingerprint density at radius 3 is 1.02 bits per heavy atom. The summed E-state index contributed by atoms with van der Waals surface area (Å²) in [5.41, 5.74) is 6.49. The Bertz CT molecular complexity index is 1740.